The van der Waals surface area contributed by atoms with Crippen molar-refractivity contribution in [3.05, 3.63) is 59.1 Å². The number of nitrogens with two attached hydrogens (primary N) is 1. The second kappa shape index (κ2) is 6.61. The molecule has 5 nitrogen and oxygen atoms in total. The average molecular weight is 382 g/mol. The number of benzene rings is 2. The molecule has 0 unspecified atom stereocenters. The Hall–Kier alpha value is -1.60. The van der Waals surface area contributed by atoms with E-state index in [0.717, 1.165) is 5.56 Å². The van der Waals surface area contributed by atoms with Gasteiger partial charge in [0.15, 0.2) is 9.84 Å². The molecule has 134 valence electrons. The summed E-state index contributed by atoms with van der Waals surface area (Å²) in [5, 5.41) is -0.271. The van der Waals surface area contributed by atoms with Crippen LogP contribution in [0.15, 0.2) is 53.4 Å². The molecule has 0 aromatic heterocycles. The molecule has 2 N–H and O–H groups in total. The molecule has 3 rings (SSSR count). The molecule has 2 aromatic carbocycles. The molecule has 1 fully saturated rings. The van der Waals surface area contributed by atoms with Gasteiger partial charge in [-0.15, -0.1) is 0 Å². The maximum atomic E-state index is 13.1. The summed E-state index contributed by atoms with van der Waals surface area (Å²) in [6.45, 7) is 0.154. The average Bonchev–Trinajstić information content (AvgIpc) is 3.22. The van der Waals surface area contributed by atoms with E-state index in [-0.39, 0.29) is 17.4 Å². The van der Waals surface area contributed by atoms with E-state index in [4.69, 9.17) is 26.8 Å². The van der Waals surface area contributed by atoms with Crippen molar-refractivity contribution < 1.29 is 17.9 Å². The highest BCUT2D eigenvalue weighted by Crippen LogP contribution is 2.55. The molecule has 0 radical (unpaired) electrons. The molecule has 25 heavy (non-hydrogen) atoms. The van der Waals surface area contributed by atoms with Crippen LogP contribution in [0, 0.1) is 0 Å². The predicted molar refractivity (Wildman–Crippen MR) is 97.0 cm³/mol. The summed E-state index contributed by atoms with van der Waals surface area (Å²) in [5.74, 6) is 0.356. The van der Waals surface area contributed by atoms with Gasteiger partial charge < -0.3 is 15.2 Å². The number of hydrogen-bond donors (Lipinski definition) is 1. The molecule has 0 spiro atoms. The highest BCUT2D eigenvalue weighted by molar-refractivity contribution is 7.92. The molecule has 0 bridgehead atoms. The van der Waals surface area contributed by atoms with E-state index < -0.39 is 20.6 Å². The zero-order chi connectivity index (χ0) is 18.2. The first kappa shape index (κ1) is 18.2. The van der Waals surface area contributed by atoms with Crippen LogP contribution in [0.4, 0.5) is 0 Å². The lowest BCUT2D eigenvalue weighted by Gasteiger charge is -2.11. The van der Waals surface area contributed by atoms with Crippen LogP contribution < -0.4 is 10.5 Å². The molecule has 0 aliphatic heterocycles. The molecule has 0 heterocycles. The standard InChI is InChI=1S/C18H20ClNO4S/c1-23-11-18(20)16(12-3-7-14(24-2)8-4-12)17(18)25(21,22)15-9-5-13(19)6-10-15/h3-10,16-17H,11,20H2,1-2H3/t16-,17-,18+/m0/s1. The molecule has 0 saturated heterocycles. The number of methoxy groups -OCH3 is 2. The fourth-order valence-corrected chi connectivity index (χ4v) is 5.80. The lowest BCUT2D eigenvalue weighted by molar-refractivity contribution is 0.171. The minimum atomic E-state index is -3.62. The van der Waals surface area contributed by atoms with E-state index >= 15 is 0 Å². The molecule has 1 aliphatic carbocycles. The topological polar surface area (TPSA) is 78.6 Å². The van der Waals surface area contributed by atoms with Crippen LogP contribution in [0.25, 0.3) is 0 Å². The summed E-state index contributed by atoms with van der Waals surface area (Å²) < 4.78 is 36.6. The van der Waals surface area contributed by atoms with Crippen molar-refractivity contribution in [2.75, 3.05) is 20.8 Å². The molecule has 1 aliphatic rings. The van der Waals surface area contributed by atoms with Gasteiger partial charge in [0.1, 0.15) is 5.75 Å². The fraction of sp³-hybridized carbons (Fsp3) is 0.333. The van der Waals surface area contributed by atoms with Gasteiger partial charge >= 0.3 is 0 Å². The third kappa shape index (κ3) is 3.15. The predicted octanol–water partition coefficient (Wildman–Crippen LogP) is 2.63. The molecule has 7 heteroatoms. The quantitative estimate of drug-likeness (QED) is 0.832. The third-order valence-electron chi connectivity index (χ3n) is 4.65. The summed E-state index contributed by atoms with van der Waals surface area (Å²) in [7, 11) is -0.521. The largest absolute Gasteiger partial charge is 0.497 e. The Labute approximate surface area is 152 Å². The number of ether oxygens (including phenoxy) is 2. The molecule has 3 atom stereocenters. The number of sulfone groups is 1. The lowest BCUT2D eigenvalue weighted by Crippen LogP contribution is -2.35. The molecule has 1 saturated carbocycles. The highest BCUT2D eigenvalue weighted by Gasteiger charge is 2.69. The SMILES string of the molecule is COC[C@@]1(N)[C@@H](c2ccc(OC)cc2)[C@@H]1S(=O)(=O)c1ccc(Cl)cc1. The van der Waals surface area contributed by atoms with E-state index in [9.17, 15) is 8.42 Å². The van der Waals surface area contributed by atoms with Gasteiger partial charge in [-0.1, -0.05) is 23.7 Å². The van der Waals surface area contributed by atoms with Crippen LogP contribution >= 0.6 is 11.6 Å². The van der Waals surface area contributed by atoms with Crippen molar-refractivity contribution in [2.24, 2.45) is 5.73 Å². The first-order valence-electron chi connectivity index (χ1n) is 7.76. The monoisotopic (exact) mass is 381 g/mol. The summed E-state index contributed by atoms with van der Waals surface area (Å²) >= 11 is 5.86. The zero-order valence-electron chi connectivity index (χ0n) is 14.0. The van der Waals surface area contributed by atoms with Gasteiger partial charge in [0.05, 0.1) is 29.4 Å². The van der Waals surface area contributed by atoms with Gasteiger partial charge in [0.25, 0.3) is 0 Å². The van der Waals surface area contributed by atoms with Crippen molar-refractivity contribution >= 4 is 21.4 Å². The van der Waals surface area contributed by atoms with Crippen LogP contribution in [-0.2, 0) is 14.6 Å². The van der Waals surface area contributed by atoms with Crippen molar-refractivity contribution in [3.63, 3.8) is 0 Å². The Kier molecular flexibility index (Phi) is 4.81. The van der Waals surface area contributed by atoms with E-state index in [1.165, 1.54) is 19.2 Å². The highest BCUT2D eigenvalue weighted by atomic mass is 35.5. The van der Waals surface area contributed by atoms with E-state index in [2.05, 4.69) is 0 Å². The zero-order valence-corrected chi connectivity index (χ0v) is 15.5. The number of halogens is 1. The first-order valence-corrected chi connectivity index (χ1v) is 9.68. The molecular formula is C18H20ClNO4S. The van der Waals surface area contributed by atoms with E-state index in [0.29, 0.717) is 10.8 Å². The number of rotatable bonds is 6. The van der Waals surface area contributed by atoms with Crippen molar-refractivity contribution in [1.82, 2.24) is 0 Å². The molecular weight excluding hydrogens is 362 g/mol. The first-order chi connectivity index (χ1) is 11.8. The minimum absolute atomic E-state index is 0.154. The Morgan fingerprint density at radius 2 is 1.68 bits per heavy atom. The summed E-state index contributed by atoms with van der Waals surface area (Å²) in [6.07, 6.45) is 0. The van der Waals surface area contributed by atoms with Gasteiger partial charge in [-0.05, 0) is 42.0 Å². The maximum absolute atomic E-state index is 13.1. The van der Waals surface area contributed by atoms with Gasteiger partial charge in [0.2, 0.25) is 0 Å². The van der Waals surface area contributed by atoms with Crippen molar-refractivity contribution in [3.8, 4) is 5.75 Å². The Bertz CT molecular complexity index is 852. The van der Waals surface area contributed by atoms with E-state index in [1.807, 2.05) is 12.1 Å². The van der Waals surface area contributed by atoms with Gasteiger partial charge in [-0.2, -0.15) is 0 Å². The second-order valence-electron chi connectivity index (χ2n) is 6.22. The van der Waals surface area contributed by atoms with Crippen LogP contribution in [0.3, 0.4) is 0 Å². The number of hydrogen-bond acceptors (Lipinski definition) is 5. The Morgan fingerprint density at radius 3 is 2.20 bits per heavy atom. The van der Waals surface area contributed by atoms with Gasteiger partial charge in [-0.3, -0.25) is 0 Å². The van der Waals surface area contributed by atoms with Gasteiger partial charge in [0, 0.05) is 18.1 Å². The summed E-state index contributed by atoms with van der Waals surface area (Å²) in [4.78, 5) is 0.212. The minimum Gasteiger partial charge on any atom is -0.497 e. The second-order valence-corrected chi connectivity index (χ2v) is 8.72. The van der Waals surface area contributed by atoms with Crippen LogP contribution in [-0.4, -0.2) is 40.0 Å². The maximum Gasteiger partial charge on any atom is 0.183 e. The molecule has 2 aromatic rings. The van der Waals surface area contributed by atoms with Gasteiger partial charge in [-0.25, -0.2) is 8.42 Å². The smallest absolute Gasteiger partial charge is 0.183 e. The lowest BCUT2D eigenvalue weighted by atomic mass is 10.1. The normalized spacial score (nSPS) is 25.6. The van der Waals surface area contributed by atoms with Crippen LogP contribution in [0.5, 0.6) is 5.75 Å². The van der Waals surface area contributed by atoms with Crippen LogP contribution in [0.1, 0.15) is 11.5 Å². The molecule has 0 amide bonds. The van der Waals surface area contributed by atoms with E-state index in [1.54, 1.807) is 31.4 Å². The summed E-state index contributed by atoms with van der Waals surface area (Å²) in [5.41, 5.74) is 6.32. The Balaban J connectivity index is 1.99. The third-order valence-corrected chi connectivity index (χ3v) is 7.21. The fourth-order valence-electron chi connectivity index (χ4n) is 3.38. The van der Waals surface area contributed by atoms with Crippen molar-refractivity contribution in [1.29, 1.82) is 0 Å². The van der Waals surface area contributed by atoms with Crippen LogP contribution in [0.2, 0.25) is 5.02 Å². The van der Waals surface area contributed by atoms with Crippen molar-refractivity contribution in [2.45, 2.75) is 21.6 Å². The summed E-state index contributed by atoms with van der Waals surface area (Å²) in [6, 6.07) is 13.4. The Morgan fingerprint density at radius 1 is 1.08 bits per heavy atom.